The Morgan fingerprint density at radius 2 is 2.30 bits per heavy atom. The number of hydrogen-bond donors (Lipinski definition) is 2. The van der Waals surface area contributed by atoms with E-state index in [-0.39, 0.29) is 6.42 Å². The summed E-state index contributed by atoms with van der Waals surface area (Å²) < 4.78 is 12.4. The molecule has 0 saturated heterocycles. The molecule has 0 aromatic rings. The number of hydrogen-bond acceptors (Lipinski definition) is 2. The van der Waals surface area contributed by atoms with Gasteiger partial charge in [0.15, 0.2) is 0 Å². The number of carbonyl (C=O) groups is 1. The van der Waals surface area contributed by atoms with E-state index in [1.54, 1.807) is 6.92 Å². The molecule has 0 aromatic heterocycles. The Kier molecular flexibility index (Phi) is 3.95. The lowest BCUT2D eigenvalue weighted by Crippen LogP contribution is -2.32. The van der Waals surface area contributed by atoms with Crippen molar-refractivity contribution < 1.29 is 14.3 Å². The van der Waals surface area contributed by atoms with Gasteiger partial charge in [-0.25, -0.2) is 4.39 Å². The van der Waals surface area contributed by atoms with Crippen LogP contribution in [-0.4, -0.2) is 23.3 Å². The van der Waals surface area contributed by atoms with E-state index in [1.165, 1.54) is 0 Å². The van der Waals surface area contributed by atoms with E-state index in [0.29, 0.717) is 6.42 Å². The van der Waals surface area contributed by atoms with Crippen LogP contribution in [-0.2, 0) is 4.79 Å². The molecule has 2 unspecified atom stereocenters. The van der Waals surface area contributed by atoms with Crippen LogP contribution in [0.5, 0.6) is 0 Å². The molecule has 0 radical (unpaired) electrons. The van der Waals surface area contributed by atoms with Gasteiger partial charge in [0.25, 0.3) is 0 Å². The fraction of sp³-hybridized carbons (Fsp3) is 0.833. The Morgan fingerprint density at radius 3 is 2.60 bits per heavy atom. The number of halogens is 1. The fourth-order valence-electron chi connectivity index (χ4n) is 0.543. The van der Waals surface area contributed by atoms with Crippen molar-refractivity contribution in [3.05, 3.63) is 0 Å². The standard InChI is InChI=1S/C6H12FNO2/c1-2-4(7)3-5(8)6(9)10/h4-5H,2-3,8H2,1H3,(H,9,10). The van der Waals surface area contributed by atoms with E-state index in [0.717, 1.165) is 0 Å². The maximum absolute atomic E-state index is 12.4. The van der Waals surface area contributed by atoms with E-state index in [4.69, 9.17) is 10.8 Å². The molecule has 0 aromatic carbocycles. The second-order valence-corrected chi connectivity index (χ2v) is 2.19. The third kappa shape index (κ3) is 3.40. The molecule has 0 saturated carbocycles. The molecular formula is C6H12FNO2. The molecule has 0 aliphatic carbocycles. The molecule has 0 amide bonds. The van der Waals surface area contributed by atoms with Crippen LogP contribution in [0.2, 0.25) is 0 Å². The maximum Gasteiger partial charge on any atom is 0.320 e. The van der Waals surface area contributed by atoms with Crippen LogP contribution in [0.1, 0.15) is 19.8 Å². The zero-order valence-corrected chi connectivity index (χ0v) is 5.88. The monoisotopic (exact) mass is 149 g/mol. The molecular weight excluding hydrogens is 137 g/mol. The number of carboxylic acids is 1. The van der Waals surface area contributed by atoms with Gasteiger partial charge in [0, 0.05) is 6.42 Å². The minimum Gasteiger partial charge on any atom is -0.480 e. The van der Waals surface area contributed by atoms with Gasteiger partial charge < -0.3 is 10.8 Å². The van der Waals surface area contributed by atoms with Gasteiger partial charge in [-0.05, 0) is 6.42 Å². The summed E-state index contributed by atoms with van der Waals surface area (Å²) in [5.74, 6) is -1.14. The zero-order chi connectivity index (χ0) is 8.15. The highest BCUT2D eigenvalue weighted by Gasteiger charge is 2.16. The Bertz CT molecular complexity index is 118. The van der Waals surface area contributed by atoms with Crippen molar-refractivity contribution in [1.82, 2.24) is 0 Å². The summed E-state index contributed by atoms with van der Waals surface area (Å²) in [4.78, 5) is 10.1. The molecule has 0 rings (SSSR count). The highest BCUT2D eigenvalue weighted by molar-refractivity contribution is 5.73. The van der Waals surface area contributed by atoms with Crippen LogP contribution < -0.4 is 5.73 Å². The highest BCUT2D eigenvalue weighted by Crippen LogP contribution is 2.04. The third-order valence-electron chi connectivity index (χ3n) is 1.27. The smallest absolute Gasteiger partial charge is 0.320 e. The van der Waals surface area contributed by atoms with Gasteiger partial charge in [-0.1, -0.05) is 6.92 Å². The van der Waals surface area contributed by atoms with Gasteiger partial charge in [0.1, 0.15) is 12.2 Å². The molecule has 3 N–H and O–H groups in total. The summed E-state index contributed by atoms with van der Waals surface area (Å²) >= 11 is 0. The molecule has 0 aliphatic rings. The first-order chi connectivity index (χ1) is 4.57. The summed E-state index contributed by atoms with van der Waals surface area (Å²) in [5.41, 5.74) is 5.05. The average Bonchev–Trinajstić information content (AvgIpc) is 1.87. The van der Waals surface area contributed by atoms with Gasteiger partial charge in [-0.3, -0.25) is 4.79 Å². The van der Waals surface area contributed by atoms with Crippen molar-refractivity contribution in [3.63, 3.8) is 0 Å². The molecule has 0 aliphatic heterocycles. The molecule has 0 fully saturated rings. The fourth-order valence-corrected chi connectivity index (χ4v) is 0.543. The predicted molar refractivity (Wildman–Crippen MR) is 35.4 cm³/mol. The summed E-state index contributed by atoms with van der Waals surface area (Å²) in [6.07, 6.45) is -0.863. The topological polar surface area (TPSA) is 63.3 Å². The van der Waals surface area contributed by atoms with E-state index in [2.05, 4.69) is 0 Å². The van der Waals surface area contributed by atoms with Crippen LogP contribution in [0.25, 0.3) is 0 Å². The molecule has 0 heterocycles. The minimum absolute atomic E-state index is 0.0914. The summed E-state index contributed by atoms with van der Waals surface area (Å²) in [6.45, 7) is 1.65. The molecule has 0 spiro atoms. The number of carboxylic acid groups (broad SMARTS) is 1. The highest BCUT2D eigenvalue weighted by atomic mass is 19.1. The van der Waals surface area contributed by atoms with Crippen LogP contribution in [0, 0.1) is 0 Å². The number of nitrogens with two attached hydrogens (primary N) is 1. The average molecular weight is 149 g/mol. The largest absolute Gasteiger partial charge is 0.480 e. The van der Waals surface area contributed by atoms with Gasteiger partial charge in [-0.15, -0.1) is 0 Å². The number of alkyl halides is 1. The summed E-state index contributed by atoms with van der Waals surface area (Å²) in [7, 11) is 0. The van der Waals surface area contributed by atoms with Gasteiger partial charge >= 0.3 is 5.97 Å². The quantitative estimate of drug-likeness (QED) is 0.613. The molecule has 0 bridgehead atoms. The zero-order valence-electron chi connectivity index (χ0n) is 5.88. The number of aliphatic carboxylic acids is 1. The Morgan fingerprint density at radius 1 is 1.80 bits per heavy atom. The summed E-state index contributed by atoms with van der Waals surface area (Å²) in [6, 6.07) is -1.06. The van der Waals surface area contributed by atoms with Crippen LogP contribution >= 0.6 is 0 Å². The van der Waals surface area contributed by atoms with E-state index >= 15 is 0 Å². The van der Waals surface area contributed by atoms with Crippen molar-refractivity contribution in [2.24, 2.45) is 5.73 Å². The Balaban J connectivity index is 3.56. The first-order valence-electron chi connectivity index (χ1n) is 3.20. The van der Waals surface area contributed by atoms with Crippen LogP contribution in [0.3, 0.4) is 0 Å². The minimum atomic E-state index is -1.14. The molecule has 3 nitrogen and oxygen atoms in total. The maximum atomic E-state index is 12.4. The Labute approximate surface area is 59.0 Å². The van der Waals surface area contributed by atoms with Crippen molar-refractivity contribution in [2.75, 3.05) is 0 Å². The van der Waals surface area contributed by atoms with E-state index in [1.807, 2.05) is 0 Å². The molecule has 60 valence electrons. The van der Waals surface area contributed by atoms with E-state index in [9.17, 15) is 9.18 Å². The van der Waals surface area contributed by atoms with Crippen molar-refractivity contribution in [3.8, 4) is 0 Å². The first kappa shape index (κ1) is 9.36. The molecule has 2 atom stereocenters. The first-order valence-corrected chi connectivity index (χ1v) is 3.20. The molecule has 4 heteroatoms. The normalized spacial score (nSPS) is 16.3. The van der Waals surface area contributed by atoms with Crippen molar-refractivity contribution in [2.45, 2.75) is 32.0 Å². The van der Waals surface area contributed by atoms with Crippen LogP contribution in [0.15, 0.2) is 0 Å². The van der Waals surface area contributed by atoms with Gasteiger partial charge in [0.05, 0.1) is 0 Å². The third-order valence-corrected chi connectivity index (χ3v) is 1.27. The lowest BCUT2D eigenvalue weighted by molar-refractivity contribution is -0.139. The van der Waals surface area contributed by atoms with Crippen LogP contribution in [0.4, 0.5) is 4.39 Å². The lowest BCUT2D eigenvalue weighted by atomic mass is 10.1. The Hall–Kier alpha value is -0.640. The van der Waals surface area contributed by atoms with Gasteiger partial charge in [-0.2, -0.15) is 0 Å². The van der Waals surface area contributed by atoms with E-state index < -0.39 is 18.2 Å². The summed E-state index contributed by atoms with van der Waals surface area (Å²) in [5, 5.41) is 8.23. The second kappa shape index (κ2) is 4.22. The van der Waals surface area contributed by atoms with Crippen molar-refractivity contribution >= 4 is 5.97 Å². The molecule has 10 heavy (non-hydrogen) atoms. The van der Waals surface area contributed by atoms with Gasteiger partial charge in [0.2, 0.25) is 0 Å². The second-order valence-electron chi connectivity index (χ2n) is 2.19. The van der Waals surface area contributed by atoms with Crippen molar-refractivity contribution in [1.29, 1.82) is 0 Å². The SMILES string of the molecule is CCC(F)CC(N)C(=O)O. The number of rotatable bonds is 4. The lowest BCUT2D eigenvalue weighted by Gasteiger charge is -2.07. The predicted octanol–water partition coefficient (Wildman–Crippen LogP) is 0.536.